The zero-order valence-corrected chi connectivity index (χ0v) is 24.1. The number of aromatic nitrogens is 1. The van der Waals surface area contributed by atoms with Gasteiger partial charge in [-0.05, 0) is 59.0 Å². The topological polar surface area (TPSA) is 192 Å². The van der Waals surface area contributed by atoms with E-state index in [1.54, 1.807) is 41.6 Å². The predicted molar refractivity (Wildman–Crippen MR) is 149 cm³/mol. The van der Waals surface area contributed by atoms with Gasteiger partial charge in [-0.15, -0.1) is 0 Å². The number of hydrazone groups is 1. The Hall–Kier alpha value is -5.04. The average molecular weight is 678 g/mol. The summed E-state index contributed by atoms with van der Waals surface area (Å²) < 4.78 is 91.7. The number of likely N-dealkylation sites (tertiary alicyclic amines) is 1. The SMILES string of the molecule is NN=Cc1cccc(CN2CC[C@H](NS(=O)(=O)c3ccc(-c4ccncc4)cc3)C2=O)c1.O=C(O)C(F)(F)F.O=C(O)C(F)(F)F. The Kier molecular flexibility index (Phi) is 12.8. The third-order valence-corrected chi connectivity index (χ3v) is 7.29. The van der Waals surface area contributed by atoms with Crippen LogP contribution in [-0.2, 0) is 31.0 Å². The second-order valence-electron chi connectivity index (χ2n) is 9.11. The molecule has 5 N–H and O–H groups in total. The molecule has 3 aromatic rings. The third-order valence-electron chi connectivity index (χ3n) is 5.81. The van der Waals surface area contributed by atoms with Crippen LogP contribution in [0.2, 0.25) is 0 Å². The monoisotopic (exact) mass is 677 g/mol. The van der Waals surface area contributed by atoms with Gasteiger partial charge in [0, 0.05) is 25.5 Å². The first-order chi connectivity index (χ1) is 21.3. The number of aliphatic carboxylic acids is 2. The van der Waals surface area contributed by atoms with Crippen LogP contribution in [0.15, 0.2) is 83.1 Å². The molecule has 1 saturated heterocycles. The average Bonchev–Trinajstić information content (AvgIpc) is 3.31. The molecule has 1 amide bonds. The Morgan fingerprint density at radius 3 is 1.98 bits per heavy atom. The number of nitrogens with zero attached hydrogens (tertiary/aromatic N) is 3. The molecule has 0 aliphatic carbocycles. The Balaban J connectivity index is 0.000000440. The van der Waals surface area contributed by atoms with Crippen LogP contribution in [0.4, 0.5) is 26.3 Å². The van der Waals surface area contributed by atoms with Crippen molar-refractivity contribution in [2.45, 2.75) is 36.3 Å². The van der Waals surface area contributed by atoms with E-state index in [1.165, 1.54) is 6.21 Å². The van der Waals surface area contributed by atoms with Crippen molar-refractivity contribution in [2.75, 3.05) is 6.54 Å². The van der Waals surface area contributed by atoms with Gasteiger partial charge in [0.05, 0.1) is 11.1 Å². The molecule has 12 nitrogen and oxygen atoms in total. The highest BCUT2D eigenvalue weighted by Crippen LogP contribution is 2.22. The van der Waals surface area contributed by atoms with Crippen LogP contribution in [0.25, 0.3) is 11.1 Å². The molecule has 1 aliphatic heterocycles. The van der Waals surface area contributed by atoms with E-state index in [4.69, 9.17) is 25.6 Å². The summed E-state index contributed by atoms with van der Waals surface area (Å²) in [5.41, 5.74) is 3.59. The molecule has 0 saturated carbocycles. The molecule has 19 heteroatoms. The summed E-state index contributed by atoms with van der Waals surface area (Å²) >= 11 is 0. The fourth-order valence-corrected chi connectivity index (χ4v) is 4.93. The number of sulfonamides is 1. The van der Waals surface area contributed by atoms with Gasteiger partial charge in [-0.25, -0.2) is 18.0 Å². The van der Waals surface area contributed by atoms with Gasteiger partial charge in [0.15, 0.2) is 0 Å². The van der Waals surface area contributed by atoms with E-state index in [2.05, 4.69) is 14.8 Å². The second kappa shape index (κ2) is 15.8. The van der Waals surface area contributed by atoms with Crippen molar-refractivity contribution in [1.29, 1.82) is 0 Å². The summed E-state index contributed by atoms with van der Waals surface area (Å²) in [7, 11) is -3.83. The van der Waals surface area contributed by atoms with Crippen LogP contribution in [0.5, 0.6) is 0 Å². The van der Waals surface area contributed by atoms with Crippen LogP contribution in [0, 0.1) is 0 Å². The fraction of sp³-hybridized carbons (Fsp3) is 0.222. The molecule has 0 radical (unpaired) electrons. The minimum Gasteiger partial charge on any atom is -0.475 e. The second-order valence-corrected chi connectivity index (χ2v) is 10.8. The lowest BCUT2D eigenvalue weighted by molar-refractivity contribution is -0.193. The third kappa shape index (κ3) is 11.5. The molecule has 4 rings (SSSR count). The Labute approximate surface area is 257 Å². The van der Waals surface area contributed by atoms with E-state index in [0.717, 1.165) is 22.3 Å². The quantitative estimate of drug-likeness (QED) is 0.126. The molecule has 1 atom stereocenters. The van der Waals surface area contributed by atoms with E-state index in [0.29, 0.717) is 19.5 Å². The highest BCUT2D eigenvalue weighted by atomic mass is 32.2. The lowest BCUT2D eigenvalue weighted by atomic mass is 10.1. The van der Waals surface area contributed by atoms with Gasteiger partial charge in [0.1, 0.15) is 6.04 Å². The number of nitrogens with two attached hydrogens (primary N) is 1. The Morgan fingerprint density at radius 1 is 0.957 bits per heavy atom. The van der Waals surface area contributed by atoms with Crippen molar-refractivity contribution >= 4 is 34.1 Å². The van der Waals surface area contributed by atoms with Crippen molar-refractivity contribution in [3.8, 4) is 11.1 Å². The molecular formula is C27H25F6N5O7S. The van der Waals surface area contributed by atoms with Crippen LogP contribution in [0.3, 0.4) is 0 Å². The minimum absolute atomic E-state index is 0.121. The van der Waals surface area contributed by atoms with Gasteiger partial charge in [-0.1, -0.05) is 30.3 Å². The number of benzene rings is 2. The van der Waals surface area contributed by atoms with Crippen molar-refractivity contribution in [1.82, 2.24) is 14.6 Å². The standard InChI is InChI=1S/C23H23N5O3S.2C2HF3O2/c24-26-15-17-2-1-3-18(14-17)16-28-13-10-22(23(28)29)27-32(30,31)21-6-4-19(5-7-21)20-8-11-25-12-9-20;2*3-2(4,5)1(6)7/h1-9,11-12,14-15,22,27H,10,13,16,24H2;2*(H,6,7)/t22-;;/m0../s1. The van der Waals surface area contributed by atoms with Crippen molar-refractivity contribution < 1.29 is 59.4 Å². The molecule has 0 unspecified atom stereocenters. The van der Waals surface area contributed by atoms with Crippen LogP contribution < -0.4 is 10.6 Å². The molecule has 2 aromatic carbocycles. The van der Waals surface area contributed by atoms with Crippen molar-refractivity contribution in [2.24, 2.45) is 10.9 Å². The highest BCUT2D eigenvalue weighted by Gasteiger charge is 2.39. The number of carbonyl (C=O) groups excluding carboxylic acids is 1. The summed E-state index contributed by atoms with van der Waals surface area (Å²) in [6.07, 6.45) is -4.86. The lowest BCUT2D eigenvalue weighted by Crippen LogP contribution is -2.41. The number of nitrogens with one attached hydrogen (secondary N) is 1. The molecule has 46 heavy (non-hydrogen) atoms. The number of amides is 1. The van der Waals surface area contributed by atoms with E-state index >= 15 is 0 Å². The number of carboxylic acid groups (broad SMARTS) is 2. The van der Waals surface area contributed by atoms with Crippen LogP contribution >= 0.6 is 0 Å². The predicted octanol–water partition coefficient (Wildman–Crippen LogP) is 3.39. The summed E-state index contributed by atoms with van der Waals surface area (Å²) in [5, 5.41) is 17.8. The summed E-state index contributed by atoms with van der Waals surface area (Å²) in [4.78, 5) is 36.4. The molecule has 0 bridgehead atoms. The number of carbonyl (C=O) groups is 3. The highest BCUT2D eigenvalue weighted by molar-refractivity contribution is 7.89. The zero-order valence-electron chi connectivity index (χ0n) is 23.2. The number of hydrogen-bond acceptors (Lipinski definition) is 8. The van der Waals surface area contributed by atoms with Gasteiger partial charge < -0.3 is 21.0 Å². The number of carboxylic acids is 2. The number of halogens is 6. The van der Waals surface area contributed by atoms with Crippen molar-refractivity contribution in [3.05, 3.63) is 84.2 Å². The minimum atomic E-state index is -5.08. The van der Waals surface area contributed by atoms with Crippen molar-refractivity contribution in [3.63, 3.8) is 0 Å². The molecule has 1 fully saturated rings. The first-order valence-corrected chi connectivity index (χ1v) is 14.1. The van der Waals surface area contributed by atoms with Gasteiger partial charge >= 0.3 is 24.3 Å². The summed E-state index contributed by atoms with van der Waals surface area (Å²) in [6, 6.07) is 17.0. The zero-order chi connectivity index (χ0) is 34.7. The Morgan fingerprint density at radius 2 is 1.48 bits per heavy atom. The first kappa shape index (κ1) is 37.1. The number of alkyl halides is 6. The first-order valence-electron chi connectivity index (χ1n) is 12.6. The van der Waals surface area contributed by atoms with Gasteiger partial charge in [-0.2, -0.15) is 36.2 Å². The summed E-state index contributed by atoms with van der Waals surface area (Å²) in [5.74, 6) is -0.554. The molecule has 1 aliphatic rings. The number of rotatable bonds is 7. The van der Waals surface area contributed by atoms with E-state index < -0.39 is 40.4 Å². The molecule has 1 aromatic heterocycles. The maximum Gasteiger partial charge on any atom is 0.490 e. The summed E-state index contributed by atoms with van der Waals surface area (Å²) in [6.45, 7) is 0.867. The smallest absolute Gasteiger partial charge is 0.475 e. The fourth-order valence-electron chi connectivity index (χ4n) is 3.71. The maximum absolute atomic E-state index is 12.8. The molecule has 2 heterocycles. The largest absolute Gasteiger partial charge is 0.490 e. The lowest BCUT2D eigenvalue weighted by Gasteiger charge is -2.17. The normalized spacial score (nSPS) is 15.0. The number of pyridine rings is 1. The molecule has 0 spiro atoms. The van der Waals surface area contributed by atoms with Crippen LogP contribution in [0.1, 0.15) is 17.5 Å². The van der Waals surface area contributed by atoms with Gasteiger partial charge in [0.2, 0.25) is 15.9 Å². The van der Waals surface area contributed by atoms with Gasteiger partial charge in [0.25, 0.3) is 0 Å². The van der Waals surface area contributed by atoms with Crippen LogP contribution in [-0.4, -0.2) is 77.5 Å². The van der Waals surface area contributed by atoms with E-state index in [-0.39, 0.29) is 10.8 Å². The number of hydrogen-bond donors (Lipinski definition) is 4. The van der Waals surface area contributed by atoms with Gasteiger partial charge in [-0.3, -0.25) is 9.78 Å². The Bertz CT molecular complexity index is 1610. The van der Waals surface area contributed by atoms with E-state index in [1.807, 2.05) is 36.4 Å². The molecule has 248 valence electrons. The van der Waals surface area contributed by atoms with E-state index in [9.17, 15) is 39.6 Å². The molecular weight excluding hydrogens is 652 g/mol. The maximum atomic E-state index is 12.8.